The Morgan fingerprint density at radius 1 is 1.07 bits per heavy atom. The smallest absolute Gasteiger partial charge is 0.336 e. The Morgan fingerprint density at radius 3 is 2.45 bits per heavy atom. The molecule has 1 N–H and O–H groups in total. The zero-order valence-electron chi connectivity index (χ0n) is 16.7. The fourth-order valence-electron chi connectivity index (χ4n) is 4.93. The van der Waals surface area contributed by atoms with Crippen LogP contribution < -0.4 is 4.74 Å². The van der Waals surface area contributed by atoms with E-state index in [0.29, 0.717) is 23.9 Å². The van der Waals surface area contributed by atoms with Gasteiger partial charge in [0.1, 0.15) is 5.75 Å². The summed E-state index contributed by atoms with van der Waals surface area (Å²) < 4.78 is 5.27. The second-order valence-corrected chi connectivity index (χ2v) is 7.97. The number of likely N-dealkylation sites (tertiary alicyclic amines) is 2. The molecule has 6 nitrogen and oxygen atoms in total. The van der Waals surface area contributed by atoms with Crippen LogP contribution in [0.1, 0.15) is 34.5 Å². The molecule has 0 unspecified atom stereocenters. The van der Waals surface area contributed by atoms with Gasteiger partial charge in [0, 0.05) is 39.0 Å². The van der Waals surface area contributed by atoms with Crippen LogP contribution in [0.15, 0.2) is 48.5 Å². The van der Waals surface area contributed by atoms with E-state index >= 15 is 0 Å². The van der Waals surface area contributed by atoms with E-state index in [1.54, 1.807) is 26.2 Å². The maximum absolute atomic E-state index is 12.3. The van der Waals surface area contributed by atoms with Crippen LogP contribution in [-0.4, -0.2) is 53.5 Å². The van der Waals surface area contributed by atoms with Gasteiger partial charge in [-0.15, -0.1) is 0 Å². The Hall–Kier alpha value is -2.86. The lowest BCUT2D eigenvalue weighted by molar-refractivity contribution is -0.130. The van der Waals surface area contributed by atoms with Gasteiger partial charge in [0.05, 0.1) is 18.7 Å². The van der Waals surface area contributed by atoms with Crippen LogP contribution in [0.5, 0.6) is 5.75 Å². The van der Waals surface area contributed by atoms with Gasteiger partial charge in [-0.05, 0) is 35.2 Å². The Labute approximate surface area is 170 Å². The first kappa shape index (κ1) is 19.5. The number of carboxylic acids is 1. The zero-order chi connectivity index (χ0) is 20.5. The van der Waals surface area contributed by atoms with Gasteiger partial charge in [0.2, 0.25) is 5.91 Å². The van der Waals surface area contributed by atoms with E-state index < -0.39 is 5.97 Å². The molecule has 0 radical (unpaired) electrons. The molecule has 6 heteroatoms. The zero-order valence-corrected chi connectivity index (χ0v) is 16.7. The van der Waals surface area contributed by atoms with Crippen molar-refractivity contribution < 1.29 is 19.4 Å². The quantitative estimate of drug-likeness (QED) is 0.844. The number of carboxylic acid groups (broad SMARTS) is 1. The fourth-order valence-corrected chi connectivity index (χ4v) is 4.93. The van der Waals surface area contributed by atoms with E-state index in [1.807, 2.05) is 41.3 Å². The maximum atomic E-state index is 12.3. The molecule has 2 heterocycles. The summed E-state index contributed by atoms with van der Waals surface area (Å²) in [6.45, 7) is 4.71. The van der Waals surface area contributed by atoms with Gasteiger partial charge >= 0.3 is 5.97 Å². The monoisotopic (exact) mass is 394 g/mol. The molecule has 2 saturated heterocycles. The Morgan fingerprint density at radius 2 is 1.79 bits per heavy atom. The number of amides is 1. The molecule has 0 bridgehead atoms. The summed E-state index contributed by atoms with van der Waals surface area (Å²) in [5.41, 5.74) is 2.33. The van der Waals surface area contributed by atoms with Crippen molar-refractivity contribution >= 4 is 11.9 Å². The summed E-state index contributed by atoms with van der Waals surface area (Å²) in [7, 11) is 1.65. The van der Waals surface area contributed by atoms with Gasteiger partial charge in [-0.2, -0.15) is 0 Å². The highest BCUT2D eigenvalue weighted by atomic mass is 16.5. The molecule has 2 aliphatic rings. The summed E-state index contributed by atoms with van der Waals surface area (Å²) in [6.07, 6.45) is 0. The van der Waals surface area contributed by atoms with Gasteiger partial charge in [0.25, 0.3) is 0 Å². The van der Waals surface area contributed by atoms with Gasteiger partial charge < -0.3 is 14.7 Å². The van der Waals surface area contributed by atoms with Crippen LogP contribution in [0.2, 0.25) is 0 Å². The van der Waals surface area contributed by atoms with Crippen LogP contribution in [0.25, 0.3) is 0 Å². The third kappa shape index (κ3) is 3.72. The first-order chi connectivity index (χ1) is 14.0. The Kier molecular flexibility index (Phi) is 5.28. The highest BCUT2D eigenvalue weighted by Gasteiger charge is 2.48. The van der Waals surface area contributed by atoms with Gasteiger partial charge in [-0.25, -0.2) is 4.79 Å². The van der Waals surface area contributed by atoms with E-state index in [2.05, 4.69) is 4.90 Å². The number of rotatable bonds is 5. The van der Waals surface area contributed by atoms with Crippen LogP contribution in [0, 0.1) is 11.8 Å². The highest BCUT2D eigenvalue weighted by Crippen LogP contribution is 2.45. The molecular weight excluding hydrogens is 368 g/mol. The number of methoxy groups -OCH3 is 1. The first-order valence-corrected chi connectivity index (χ1v) is 9.92. The number of ether oxygens (including phenoxy) is 1. The second kappa shape index (κ2) is 7.87. The number of nitrogens with zero attached hydrogens (tertiary/aromatic N) is 2. The van der Waals surface area contributed by atoms with Crippen LogP contribution in [0.3, 0.4) is 0 Å². The SMILES string of the molecule is COc1ccc([C@H]2[C@@H]3CN(Cc4ccccc4C(=O)O)C[C@@H]3CN2C(C)=O)cc1. The Balaban J connectivity index is 1.55. The number of hydrogen-bond acceptors (Lipinski definition) is 4. The topological polar surface area (TPSA) is 70.1 Å². The number of aromatic carboxylic acids is 1. The number of carbonyl (C=O) groups excluding carboxylic acids is 1. The summed E-state index contributed by atoms with van der Waals surface area (Å²) in [5.74, 6) is 0.741. The average molecular weight is 394 g/mol. The molecule has 4 rings (SSSR count). The van der Waals surface area contributed by atoms with Crippen LogP contribution in [0.4, 0.5) is 0 Å². The first-order valence-electron chi connectivity index (χ1n) is 9.92. The summed E-state index contributed by atoms with van der Waals surface area (Å²) in [6, 6.07) is 15.2. The molecule has 0 spiro atoms. The van der Waals surface area contributed by atoms with Crippen molar-refractivity contribution in [2.75, 3.05) is 26.7 Å². The van der Waals surface area contributed by atoms with Crippen molar-refractivity contribution in [3.8, 4) is 5.75 Å². The molecule has 2 aliphatic heterocycles. The van der Waals surface area contributed by atoms with Crippen molar-refractivity contribution in [1.29, 1.82) is 0 Å². The normalized spacial score (nSPS) is 23.8. The van der Waals surface area contributed by atoms with Crippen molar-refractivity contribution in [3.63, 3.8) is 0 Å². The second-order valence-electron chi connectivity index (χ2n) is 7.97. The lowest BCUT2D eigenvalue weighted by atomic mass is 9.89. The molecular formula is C23H26N2O4. The number of hydrogen-bond donors (Lipinski definition) is 1. The third-order valence-corrected chi connectivity index (χ3v) is 6.24. The molecule has 0 aromatic heterocycles. The lowest BCUT2D eigenvalue weighted by Crippen LogP contribution is -2.34. The molecule has 0 aliphatic carbocycles. The number of fused-ring (bicyclic) bond motifs is 1. The van der Waals surface area contributed by atoms with Crippen molar-refractivity contribution in [2.45, 2.75) is 19.5 Å². The summed E-state index contributed by atoms with van der Waals surface area (Å²) in [4.78, 5) is 28.1. The fraction of sp³-hybridized carbons (Fsp3) is 0.391. The van der Waals surface area contributed by atoms with E-state index in [0.717, 1.165) is 36.5 Å². The lowest BCUT2D eigenvalue weighted by Gasteiger charge is -2.29. The summed E-state index contributed by atoms with van der Waals surface area (Å²) in [5, 5.41) is 9.46. The molecule has 3 atom stereocenters. The predicted octanol–water partition coefficient (Wildman–Crippen LogP) is 3.04. The highest BCUT2D eigenvalue weighted by molar-refractivity contribution is 5.89. The number of carbonyl (C=O) groups is 2. The molecule has 152 valence electrons. The summed E-state index contributed by atoms with van der Waals surface area (Å²) >= 11 is 0. The van der Waals surface area contributed by atoms with Crippen molar-refractivity contribution in [3.05, 3.63) is 65.2 Å². The van der Waals surface area contributed by atoms with Crippen molar-refractivity contribution in [2.24, 2.45) is 11.8 Å². The minimum Gasteiger partial charge on any atom is -0.497 e. The Bertz CT molecular complexity index is 911. The van der Waals surface area contributed by atoms with Crippen LogP contribution >= 0.6 is 0 Å². The predicted molar refractivity (Wildman–Crippen MR) is 109 cm³/mol. The van der Waals surface area contributed by atoms with Crippen molar-refractivity contribution in [1.82, 2.24) is 9.80 Å². The average Bonchev–Trinajstić information content (AvgIpc) is 3.25. The molecule has 2 aromatic rings. The minimum atomic E-state index is -0.890. The largest absolute Gasteiger partial charge is 0.497 e. The van der Waals surface area contributed by atoms with E-state index in [1.165, 1.54) is 0 Å². The third-order valence-electron chi connectivity index (χ3n) is 6.24. The minimum absolute atomic E-state index is 0.0446. The molecule has 29 heavy (non-hydrogen) atoms. The molecule has 0 saturated carbocycles. The molecule has 2 aromatic carbocycles. The van der Waals surface area contributed by atoms with E-state index in [9.17, 15) is 14.7 Å². The number of benzene rings is 2. The maximum Gasteiger partial charge on any atom is 0.336 e. The molecule has 1 amide bonds. The standard InChI is InChI=1S/C23H26N2O4/c1-15(26)25-13-18-12-24(11-17-5-3-4-6-20(17)23(27)28)14-21(18)22(25)16-7-9-19(29-2)10-8-16/h3-10,18,21-22H,11-14H2,1-2H3,(H,27,28)/t18-,21-,22+/m1/s1. The van der Waals surface area contributed by atoms with Gasteiger partial charge in [0.15, 0.2) is 0 Å². The van der Waals surface area contributed by atoms with Gasteiger partial charge in [-0.1, -0.05) is 30.3 Å². The van der Waals surface area contributed by atoms with Gasteiger partial charge in [-0.3, -0.25) is 9.69 Å². The van der Waals surface area contributed by atoms with E-state index in [4.69, 9.17) is 4.74 Å². The van der Waals surface area contributed by atoms with E-state index in [-0.39, 0.29) is 11.9 Å². The molecule has 2 fully saturated rings. The van der Waals surface area contributed by atoms with Crippen LogP contribution in [-0.2, 0) is 11.3 Å².